The molecular formula is C23H33N3O2. The summed E-state index contributed by atoms with van der Waals surface area (Å²) >= 11 is 0. The summed E-state index contributed by atoms with van der Waals surface area (Å²) in [6.45, 7) is 7.62. The molecule has 1 amide bonds. The second-order valence-electron chi connectivity index (χ2n) is 9.36. The minimum Gasteiger partial charge on any atom is -0.450 e. The molecule has 3 fully saturated rings. The molecule has 28 heavy (non-hydrogen) atoms. The Hall–Kier alpha value is -1.59. The van der Waals surface area contributed by atoms with Crippen molar-refractivity contribution >= 4 is 6.09 Å². The molecule has 1 N–H and O–H groups in total. The summed E-state index contributed by atoms with van der Waals surface area (Å²) in [5, 5.41) is 3.76. The number of hydrogen-bond donors (Lipinski definition) is 1. The van der Waals surface area contributed by atoms with Crippen molar-refractivity contribution in [3.8, 4) is 0 Å². The standard InChI is InChI=1S/C23H33N3O2/c1-2-28-22(27)26-12-9-23(16-26)13-19(14-23)25-10-7-17(8-11-25)21-20-6-4-3-5-18(20)15-24-21/h3-6,17,19,21,24H,2,7-16H2,1H3. The van der Waals surface area contributed by atoms with Gasteiger partial charge in [-0.05, 0) is 74.6 Å². The first-order valence-electron chi connectivity index (χ1n) is 11.1. The number of likely N-dealkylation sites (tertiary alicyclic amines) is 2. The molecule has 0 radical (unpaired) electrons. The van der Waals surface area contributed by atoms with Gasteiger partial charge < -0.3 is 19.9 Å². The number of ether oxygens (including phenoxy) is 1. The van der Waals surface area contributed by atoms with Crippen LogP contribution < -0.4 is 5.32 Å². The van der Waals surface area contributed by atoms with Crippen LogP contribution in [0.2, 0.25) is 0 Å². The van der Waals surface area contributed by atoms with Gasteiger partial charge in [0.1, 0.15) is 0 Å². The van der Waals surface area contributed by atoms with Gasteiger partial charge in [-0.25, -0.2) is 4.79 Å². The van der Waals surface area contributed by atoms with Crippen LogP contribution in [0.3, 0.4) is 0 Å². The van der Waals surface area contributed by atoms with Gasteiger partial charge in [0.2, 0.25) is 0 Å². The number of nitrogens with one attached hydrogen (secondary N) is 1. The number of amides is 1. The lowest BCUT2D eigenvalue weighted by molar-refractivity contribution is -0.0119. The van der Waals surface area contributed by atoms with Crippen molar-refractivity contribution < 1.29 is 9.53 Å². The second-order valence-corrected chi connectivity index (χ2v) is 9.36. The number of benzene rings is 1. The normalized spacial score (nSPS) is 33.1. The zero-order valence-electron chi connectivity index (χ0n) is 17.0. The Labute approximate surface area is 168 Å². The molecule has 1 saturated carbocycles. The molecule has 0 aromatic heterocycles. The zero-order valence-corrected chi connectivity index (χ0v) is 17.0. The van der Waals surface area contributed by atoms with Gasteiger partial charge in [-0.3, -0.25) is 0 Å². The molecule has 5 rings (SSSR count). The van der Waals surface area contributed by atoms with Crippen LogP contribution in [0.4, 0.5) is 4.79 Å². The smallest absolute Gasteiger partial charge is 0.409 e. The van der Waals surface area contributed by atoms with Gasteiger partial charge in [0.15, 0.2) is 0 Å². The molecule has 1 spiro atoms. The monoisotopic (exact) mass is 383 g/mol. The molecule has 1 atom stereocenters. The van der Waals surface area contributed by atoms with Gasteiger partial charge >= 0.3 is 6.09 Å². The summed E-state index contributed by atoms with van der Waals surface area (Å²) in [5.74, 6) is 0.764. The molecule has 5 heteroatoms. The Morgan fingerprint density at radius 2 is 2.00 bits per heavy atom. The second kappa shape index (κ2) is 7.34. The van der Waals surface area contributed by atoms with Crippen molar-refractivity contribution in [1.29, 1.82) is 0 Å². The summed E-state index contributed by atoms with van der Waals surface area (Å²) in [6.07, 6.45) is 6.15. The van der Waals surface area contributed by atoms with Crippen LogP contribution in [0.25, 0.3) is 0 Å². The number of piperidine rings is 1. The fraction of sp³-hybridized carbons (Fsp3) is 0.696. The fourth-order valence-corrected chi connectivity index (χ4v) is 6.20. The molecule has 0 bridgehead atoms. The maximum absolute atomic E-state index is 12.0. The SMILES string of the molecule is CCOC(=O)N1CCC2(CC(N3CCC(C4NCc5ccccc54)CC3)C2)C1. The molecule has 4 aliphatic rings. The summed E-state index contributed by atoms with van der Waals surface area (Å²) in [7, 11) is 0. The Morgan fingerprint density at radius 3 is 2.79 bits per heavy atom. The maximum atomic E-state index is 12.0. The average molecular weight is 384 g/mol. The van der Waals surface area contributed by atoms with E-state index in [4.69, 9.17) is 4.74 Å². The van der Waals surface area contributed by atoms with Crippen molar-refractivity contribution in [2.45, 2.75) is 57.7 Å². The molecule has 1 aliphatic carbocycles. The third kappa shape index (κ3) is 3.22. The lowest BCUT2D eigenvalue weighted by Gasteiger charge is -2.52. The van der Waals surface area contributed by atoms with E-state index >= 15 is 0 Å². The van der Waals surface area contributed by atoms with Gasteiger partial charge in [-0.15, -0.1) is 0 Å². The van der Waals surface area contributed by atoms with Crippen molar-refractivity contribution in [1.82, 2.24) is 15.1 Å². The van der Waals surface area contributed by atoms with E-state index in [0.717, 1.165) is 38.0 Å². The maximum Gasteiger partial charge on any atom is 0.409 e. The minimum atomic E-state index is -0.118. The van der Waals surface area contributed by atoms with E-state index in [2.05, 4.69) is 34.5 Å². The molecular weight excluding hydrogens is 350 g/mol. The molecule has 1 unspecified atom stereocenters. The van der Waals surface area contributed by atoms with E-state index in [9.17, 15) is 4.79 Å². The number of carbonyl (C=O) groups excluding carboxylic acids is 1. The first-order chi connectivity index (χ1) is 13.7. The summed E-state index contributed by atoms with van der Waals surface area (Å²) < 4.78 is 5.19. The van der Waals surface area contributed by atoms with Crippen LogP contribution in [0.15, 0.2) is 24.3 Å². The minimum absolute atomic E-state index is 0.118. The van der Waals surface area contributed by atoms with E-state index < -0.39 is 0 Å². The highest BCUT2D eigenvalue weighted by molar-refractivity contribution is 5.68. The van der Waals surface area contributed by atoms with Crippen LogP contribution in [0.5, 0.6) is 0 Å². The first kappa shape index (κ1) is 18.4. The van der Waals surface area contributed by atoms with Crippen LogP contribution in [-0.4, -0.2) is 54.7 Å². The lowest BCUT2D eigenvalue weighted by Crippen LogP contribution is -2.54. The van der Waals surface area contributed by atoms with Gasteiger partial charge in [-0.2, -0.15) is 0 Å². The highest BCUT2D eigenvalue weighted by atomic mass is 16.6. The third-order valence-corrected chi connectivity index (χ3v) is 7.77. The molecule has 3 heterocycles. The van der Waals surface area contributed by atoms with Gasteiger partial charge in [0, 0.05) is 31.7 Å². The molecule has 152 valence electrons. The Balaban J connectivity index is 1.11. The van der Waals surface area contributed by atoms with E-state index in [1.54, 1.807) is 0 Å². The molecule has 5 nitrogen and oxygen atoms in total. The van der Waals surface area contributed by atoms with Crippen LogP contribution in [0.1, 0.15) is 56.2 Å². The molecule has 1 aromatic rings. The lowest BCUT2D eigenvalue weighted by atomic mass is 9.64. The van der Waals surface area contributed by atoms with E-state index in [1.165, 1.54) is 49.9 Å². The van der Waals surface area contributed by atoms with E-state index in [-0.39, 0.29) is 6.09 Å². The summed E-state index contributed by atoms with van der Waals surface area (Å²) in [4.78, 5) is 16.7. The Kier molecular flexibility index (Phi) is 4.84. The third-order valence-electron chi connectivity index (χ3n) is 7.77. The van der Waals surface area contributed by atoms with E-state index in [1.807, 2.05) is 11.8 Å². The molecule has 2 saturated heterocycles. The molecule has 3 aliphatic heterocycles. The Bertz CT molecular complexity index is 722. The topological polar surface area (TPSA) is 44.8 Å². The highest BCUT2D eigenvalue weighted by Crippen LogP contribution is 2.51. The molecule has 1 aromatic carbocycles. The van der Waals surface area contributed by atoms with Crippen LogP contribution in [0, 0.1) is 11.3 Å². The quantitative estimate of drug-likeness (QED) is 0.867. The predicted octanol–water partition coefficient (Wildman–Crippen LogP) is 3.55. The highest BCUT2D eigenvalue weighted by Gasteiger charge is 2.51. The number of carbonyl (C=O) groups is 1. The van der Waals surface area contributed by atoms with Crippen molar-refractivity contribution in [2.24, 2.45) is 11.3 Å². The van der Waals surface area contributed by atoms with Crippen molar-refractivity contribution in [3.05, 3.63) is 35.4 Å². The zero-order chi connectivity index (χ0) is 19.1. The number of fused-ring (bicyclic) bond motifs is 1. The fourth-order valence-electron chi connectivity index (χ4n) is 6.20. The largest absolute Gasteiger partial charge is 0.450 e. The first-order valence-corrected chi connectivity index (χ1v) is 11.1. The van der Waals surface area contributed by atoms with Crippen molar-refractivity contribution in [2.75, 3.05) is 32.8 Å². The van der Waals surface area contributed by atoms with Gasteiger partial charge in [-0.1, -0.05) is 24.3 Å². The Morgan fingerprint density at radius 1 is 1.21 bits per heavy atom. The van der Waals surface area contributed by atoms with Crippen LogP contribution >= 0.6 is 0 Å². The summed E-state index contributed by atoms with van der Waals surface area (Å²) in [5.41, 5.74) is 3.40. The van der Waals surface area contributed by atoms with Gasteiger partial charge in [0.05, 0.1) is 6.61 Å². The van der Waals surface area contributed by atoms with Crippen molar-refractivity contribution in [3.63, 3.8) is 0 Å². The van der Waals surface area contributed by atoms with Crippen LogP contribution in [-0.2, 0) is 11.3 Å². The number of nitrogens with zero attached hydrogens (tertiary/aromatic N) is 2. The number of rotatable bonds is 3. The van der Waals surface area contributed by atoms with E-state index in [0.29, 0.717) is 18.1 Å². The number of hydrogen-bond acceptors (Lipinski definition) is 4. The predicted molar refractivity (Wildman–Crippen MR) is 109 cm³/mol. The summed E-state index contributed by atoms with van der Waals surface area (Å²) in [6, 6.07) is 10.2. The average Bonchev–Trinajstić information content (AvgIpc) is 3.32. The van der Waals surface area contributed by atoms with Gasteiger partial charge in [0.25, 0.3) is 0 Å².